The van der Waals surface area contributed by atoms with Gasteiger partial charge in [0.1, 0.15) is 0 Å². The van der Waals surface area contributed by atoms with E-state index in [4.69, 9.17) is 0 Å². The summed E-state index contributed by atoms with van der Waals surface area (Å²) in [6.07, 6.45) is 6.00. The molecule has 0 aromatic heterocycles. The molecule has 0 saturated heterocycles. The molecule has 0 radical (unpaired) electrons. The van der Waals surface area contributed by atoms with Gasteiger partial charge in [-0.3, -0.25) is 0 Å². The highest BCUT2D eigenvalue weighted by atomic mass is 14.4. The fourth-order valence-corrected chi connectivity index (χ4v) is 4.46. The zero-order chi connectivity index (χ0) is 19.2. The Hall–Kier alpha value is -1.30. The van der Waals surface area contributed by atoms with Gasteiger partial charge in [0.05, 0.1) is 0 Å². The smallest absolute Gasteiger partial charge is 0.00582 e. The molecule has 0 N–H and O–H groups in total. The molecule has 25 heavy (non-hydrogen) atoms. The standard InChI is InChI=1S/C25H38/c1-16-11-20(18(3)22(13-16)24(5,6)7)15-21-12-17(2)14-23(19(21)4)25(8,9)10/h11-14,18,22H,15H2,1-10H3. The fraction of sp³-hybridized carbons (Fsp3) is 0.600. The molecule has 2 unspecified atom stereocenters. The molecule has 0 heteroatoms. The third-order valence-corrected chi connectivity index (χ3v) is 5.84. The number of hydrogen-bond donors (Lipinski definition) is 0. The molecule has 1 aromatic rings. The molecule has 1 aliphatic carbocycles. The van der Waals surface area contributed by atoms with Crippen LogP contribution in [-0.4, -0.2) is 0 Å². The normalized spacial score (nSPS) is 21.8. The Morgan fingerprint density at radius 2 is 1.52 bits per heavy atom. The molecule has 2 rings (SSSR count). The van der Waals surface area contributed by atoms with Crippen LogP contribution < -0.4 is 0 Å². The molecular formula is C25H38. The van der Waals surface area contributed by atoms with Crippen molar-refractivity contribution in [3.8, 4) is 0 Å². The minimum Gasteiger partial charge on any atom is -0.0774 e. The van der Waals surface area contributed by atoms with Crippen molar-refractivity contribution in [1.29, 1.82) is 0 Å². The second-order valence-electron chi connectivity index (χ2n) is 10.3. The number of rotatable bonds is 2. The average Bonchev–Trinajstić information content (AvgIpc) is 2.43. The van der Waals surface area contributed by atoms with Gasteiger partial charge >= 0.3 is 0 Å². The van der Waals surface area contributed by atoms with Crippen LogP contribution in [0.1, 0.15) is 77.6 Å². The van der Waals surface area contributed by atoms with E-state index in [2.05, 4.69) is 93.5 Å². The van der Waals surface area contributed by atoms with E-state index in [0.29, 0.717) is 17.3 Å². The van der Waals surface area contributed by atoms with Crippen LogP contribution in [0.25, 0.3) is 0 Å². The van der Waals surface area contributed by atoms with Crippen molar-refractivity contribution in [1.82, 2.24) is 0 Å². The number of benzene rings is 1. The van der Waals surface area contributed by atoms with Crippen LogP contribution in [0, 0.1) is 31.1 Å². The average molecular weight is 339 g/mol. The molecule has 0 nitrogen and oxygen atoms in total. The van der Waals surface area contributed by atoms with Gasteiger partial charge in [-0.05, 0) is 66.5 Å². The molecule has 0 fully saturated rings. The predicted molar refractivity (Wildman–Crippen MR) is 112 cm³/mol. The molecule has 0 saturated carbocycles. The van der Waals surface area contributed by atoms with Crippen molar-refractivity contribution in [2.75, 3.05) is 0 Å². The van der Waals surface area contributed by atoms with E-state index in [1.165, 1.54) is 27.8 Å². The Morgan fingerprint density at radius 1 is 0.920 bits per heavy atom. The van der Waals surface area contributed by atoms with Crippen LogP contribution in [-0.2, 0) is 11.8 Å². The summed E-state index contributed by atoms with van der Waals surface area (Å²) in [4.78, 5) is 0. The molecule has 0 amide bonds. The highest BCUT2D eigenvalue weighted by molar-refractivity contribution is 5.44. The maximum absolute atomic E-state index is 2.48. The van der Waals surface area contributed by atoms with E-state index in [-0.39, 0.29) is 5.41 Å². The Labute approximate surface area is 156 Å². The van der Waals surface area contributed by atoms with Crippen LogP contribution in [0.5, 0.6) is 0 Å². The fourth-order valence-electron chi connectivity index (χ4n) is 4.46. The largest absolute Gasteiger partial charge is 0.0774 e. The summed E-state index contributed by atoms with van der Waals surface area (Å²) < 4.78 is 0. The minimum atomic E-state index is 0.196. The third-order valence-electron chi connectivity index (χ3n) is 5.84. The zero-order valence-corrected chi connectivity index (χ0v) is 18.2. The van der Waals surface area contributed by atoms with Crippen molar-refractivity contribution >= 4 is 0 Å². The van der Waals surface area contributed by atoms with Gasteiger partial charge in [-0.25, -0.2) is 0 Å². The highest BCUT2D eigenvalue weighted by Crippen LogP contribution is 2.42. The van der Waals surface area contributed by atoms with Crippen LogP contribution in [0.15, 0.2) is 35.4 Å². The van der Waals surface area contributed by atoms with Crippen LogP contribution in [0.3, 0.4) is 0 Å². The second kappa shape index (κ2) is 6.78. The van der Waals surface area contributed by atoms with Gasteiger partial charge < -0.3 is 0 Å². The van der Waals surface area contributed by atoms with E-state index in [9.17, 15) is 0 Å². The molecule has 0 spiro atoms. The summed E-state index contributed by atoms with van der Waals surface area (Å²) in [7, 11) is 0. The topological polar surface area (TPSA) is 0 Å². The molecular weight excluding hydrogens is 300 g/mol. The quantitative estimate of drug-likeness (QED) is 0.529. The molecule has 138 valence electrons. The number of aryl methyl sites for hydroxylation is 1. The molecule has 0 bridgehead atoms. The maximum Gasteiger partial charge on any atom is -0.00582 e. The molecule has 2 atom stereocenters. The van der Waals surface area contributed by atoms with Gasteiger partial charge in [-0.15, -0.1) is 0 Å². The first kappa shape index (κ1) is 20.0. The zero-order valence-electron chi connectivity index (χ0n) is 18.2. The molecule has 1 aromatic carbocycles. The summed E-state index contributed by atoms with van der Waals surface area (Å²) in [5, 5.41) is 0. The molecule has 1 aliphatic rings. The first-order chi connectivity index (χ1) is 11.3. The lowest BCUT2D eigenvalue weighted by Crippen LogP contribution is -2.29. The lowest BCUT2D eigenvalue weighted by molar-refractivity contribution is 0.234. The Bertz CT molecular complexity index is 699. The highest BCUT2D eigenvalue weighted by Gasteiger charge is 2.32. The first-order valence-electron chi connectivity index (χ1n) is 9.80. The number of allylic oxidation sites excluding steroid dienone is 4. The lowest BCUT2D eigenvalue weighted by atomic mass is 9.67. The van der Waals surface area contributed by atoms with Crippen molar-refractivity contribution in [3.05, 3.63) is 57.7 Å². The van der Waals surface area contributed by atoms with Crippen molar-refractivity contribution in [2.24, 2.45) is 17.3 Å². The van der Waals surface area contributed by atoms with Gasteiger partial charge in [0.2, 0.25) is 0 Å². The monoisotopic (exact) mass is 338 g/mol. The Kier molecular flexibility index (Phi) is 5.43. The summed E-state index contributed by atoms with van der Waals surface area (Å²) in [6.45, 7) is 23.3. The summed E-state index contributed by atoms with van der Waals surface area (Å²) in [5.74, 6) is 1.21. The van der Waals surface area contributed by atoms with Gasteiger partial charge in [0.15, 0.2) is 0 Å². The van der Waals surface area contributed by atoms with E-state index in [0.717, 1.165) is 6.42 Å². The Morgan fingerprint density at radius 3 is 2.04 bits per heavy atom. The van der Waals surface area contributed by atoms with E-state index in [1.807, 2.05) is 0 Å². The Balaban J connectivity index is 2.43. The molecule has 0 heterocycles. The lowest BCUT2D eigenvalue weighted by Gasteiger charge is -2.38. The second-order valence-corrected chi connectivity index (χ2v) is 10.3. The predicted octanol–water partition coefficient (Wildman–Crippen LogP) is 7.33. The minimum absolute atomic E-state index is 0.196. The van der Waals surface area contributed by atoms with E-state index < -0.39 is 0 Å². The van der Waals surface area contributed by atoms with Gasteiger partial charge in [0.25, 0.3) is 0 Å². The molecule has 0 aliphatic heterocycles. The van der Waals surface area contributed by atoms with E-state index in [1.54, 1.807) is 5.57 Å². The maximum atomic E-state index is 2.48. The van der Waals surface area contributed by atoms with Gasteiger partial charge in [-0.2, -0.15) is 0 Å². The summed E-state index contributed by atoms with van der Waals surface area (Å²) in [6, 6.07) is 4.78. The van der Waals surface area contributed by atoms with Gasteiger partial charge in [-0.1, -0.05) is 89.5 Å². The van der Waals surface area contributed by atoms with Crippen LogP contribution in [0.2, 0.25) is 0 Å². The summed E-state index contributed by atoms with van der Waals surface area (Å²) >= 11 is 0. The van der Waals surface area contributed by atoms with Gasteiger partial charge in [0, 0.05) is 0 Å². The van der Waals surface area contributed by atoms with E-state index >= 15 is 0 Å². The van der Waals surface area contributed by atoms with Crippen molar-refractivity contribution < 1.29 is 0 Å². The van der Waals surface area contributed by atoms with Crippen LogP contribution >= 0.6 is 0 Å². The SMILES string of the molecule is CC1=CC(C(C)(C)C)C(C)C(Cc2cc(C)cc(C(C)(C)C)c2C)=C1. The van der Waals surface area contributed by atoms with Crippen molar-refractivity contribution in [3.63, 3.8) is 0 Å². The third kappa shape index (κ3) is 4.46. The number of hydrogen-bond acceptors (Lipinski definition) is 0. The summed E-state index contributed by atoms with van der Waals surface area (Å²) in [5.41, 5.74) is 9.37. The van der Waals surface area contributed by atoms with Crippen molar-refractivity contribution in [2.45, 2.75) is 81.1 Å². The van der Waals surface area contributed by atoms with Crippen LogP contribution in [0.4, 0.5) is 0 Å². The first-order valence-corrected chi connectivity index (χ1v) is 9.80.